The molecule has 1 heterocycles. The lowest BCUT2D eigenvalue weighted by Crippen LogP contribution is -2.35. The van der Waals surface area contributed by atoms with Gasteiger partial charge in [-0.25, -0.2) is 8.42 Å². The summed E-state index contributed by atoms with van der Waals surface area (Å²) in [6.07, 6.45) is 0.845. The third kappa shape index (κ3) is 3.14. The summed E-state index contributed by atoms with van der Waals surface area (Å²) in [5, 5.41) is 0. The van der Waals surface area contributed by atoms with E-state index in [4.69, 9.17) is 0 Å². The first-order chi connectivity index (χ1) is 11.8. The van der Waals surface area contributed by atoms with Gasteiger partial charge < -0.3 is 4.90 Å². The molecule has 2 aromatic carbocycles. The Morgan fingerprint density at radius 1 is 1.16 bits per heavy atom. The van der Waals surface area contributed by atoms with Gasteiger partial charge in [-0.2, -0.15) is 0 Å². The predicted octanol–water partition coefficient (Wildman–Crippen LogP) is 3.06. The zero-order valence-corrected chi connectivity index (χ0v) is 15.5. The molecular formula is C19H22N2O3S. The highest BCUT2D eigenvalue weighted by Crippen LogP contribution is 2.33. The largest absolute Gasteiger partial charge is 0.305 e. The van der Waals surface area contributed by atoms with Crippen molar-refractivity contribution < 1.29 is 13.2 Å². The summed E-state index contributed by atoms with van der Waals surface area (Å²) in [7, 11) is -1.79. The van der Waals surface area contributed by atoms with Gasteiger partial charge in [0, 0.05) is 24.3 Å². The smallest absolute Gasteiger partial charge is 0.258 e. The number of amides is 1. The van der Waals surface area contributed by atoms with Crippen LogP contribution in [0.3, 0.4) is 0 Å². The first-order valence-corrected chi connectivity index (χ1v) is 9.94. The SMILES string of the molecule is CCS(=O)(=O)N(C)c1ccc(C(=O)N2c3ccccc3CC2C)cc1. The predicted molar refractivity (Wildman–Crippen MR) is 101 cm³/mol. The van der Waals surface area contributed by atoms with Crippen LogP contribution in [0.2, 0.25) is 0 Å². The van der Waals surface area contributed by atoms with Crippen LogP contribution in [-0.2, 0) is 16.4 Å². The monoisotopic (exact) mass is 358 g/mol. The molecule has 0 radical (unpaired) electrons. The van der Waals surface area contributed by atoms with Gasteiger partial charge in [0.05, 0.1) is 11.4 Å². The van der Waals surface area contributed by atoms with Gasteiger partial charge in [0.2, 0.25) is 10.0 Å². The molecule has 132 valence electrons. The summed E-state index contributed by atoms with van der Waals surface area (Å²) >= 11 is 0. The lowest BCUT2D eigenvalue weighted by Gasteiger charge is -2.23. The zero-order chi connectivity index (χ0) is 18.2. The van der Waals surface area contributed by atoms with Crippen molar-refractivity contribution in [2.24, 2.45) is 0 Å². The number of sulfonamides is 1. The summed E-state index contributed by atoms with van der Waals surface area (Å²) < 4.78 is 25.2. The molecule has 2 aromatic rings. The second kappa shape index (κ2) is 6.52. The number of para-hydroxylation sites is 1. The molecule has 0 saturated carbocycles. The fraction of sp³-hybridized carbons (Fsp3) is 0.316. The fourth-order valence-corrected chi connectivity index (χ4v) is 4.01. The number of carbonyl (C=O) groups excluding carboxylic acids is 1. The van der Waals surface area contributed by atoms with Crippen LogP contribution in [0.4, 0.5) is 11.4 Å². The summed E-state index contributed by atoms with van der Waals surface area (Å²) in [5.41, 5.74) is 3.23. The summed E-state index contributed by atoms with van der Waals surface area (Å²) in [6, 6.07) is 14.8. The number of anilines is 2. The van der Waals surface area contributed by atoms with Crippen LogP contribution < -0.4 is 9.21 Å². The van der Waals surface area contributed by atoms with Gasteiger partial charge in [-0.05, 0) is 56.2 Å². The molecule has 0 saturated heterocycles. The highest BCUT2D eigenvalue weighted by Gasteiger charge is 2.31. The van der Waals surface area contributed by atoms with Gasteiger partial charge >= 0.3 is 0 Å². The van der Waals surface area contributed by atoms with Crippen molar-refractivity contribution >= 4 is 27.3 Å². The Labute approximate surface area is 148 Å². The van der Waals surface area contributed by atoms with Gasteiger partial charge in [-0.3, -0.25) is 9.10 Å². The number of hydrogen-bond donors (Lipinski definition) is 0. The number of nitrogens with zero attached hydrogens (tertiary/aromatic N) is 2. The molecule has 5 nitrogen and oxygen atoms in total. The van der Waals surface area contributed by atoms with E-state index >= 15 is 0 Å². The van der Waals surface area contributed by atoms with Crippen LogP contribution in [0.5, 0.6) is 0 Å². The van der Waals surface area contributed by atoms with E-state index in [2.05, 4.69) is 0 Å². The number of benzene rings is 2. The van der Waals surface area contributed by atoms with Crippen molar-refractivity contribution in [3.63, 3.8) is 0 Å². The van der Waals surface area contributed by atoms with Crippen LogP contribution >= 0.6 is 0 Å². The van der Waals surface area contributed by atoms with Crippen LogP contribution in [0.25, 0.3) is 0 Å². The minimum atomic E-state index is -3.31. The Morgan fingerprint density at radius 3 is 2.44 bits per heavy atom. The van der Waals surface area contributed by atoms with E-state index in [1.807, 2.05) is 36.1 Å². The Balaban J connectivity index is 1.87. The average molecular weight is 358 g/mol. The third-order valence-electron chi connectivity index (χ3n) is 4.69. The second-order valence-electron chi connectivity index (χ2n) is 6.27. The lowest BCUT2D eigenvalue weighted by molar-refractivity contribution is 0.0981. The number of fused-ring (bicyclic) bond motifs is 1. The Bertz CT molecular complexity index is 891. The summed E-state index contributed by atoms with van der Waals surface area (Å²) in [5.74, 6) is -0.0308. The lowest BCUT2D eigenvalue weighted by atomic mass is 10.1. The fourth-order valence-electron chi connectivity index (χ4n) is 3.18. The van der Waals surface area contributed by atoms with Crippen molar-refractivity contribution in [3.05, 3.63) is 59.7 Å². The maximum Gasteiger partial charge on any atom is 0.258 e. The first-order valence-electron chi connectivity index (χ1n) is 8.33. The standard InChI is InChI=1S/C19H22N2O3S/c1-4-25(23,24)20(3)17-11-9-15(10-12-17)19(22)21-14(2)13-16-7-5-6-8-18(16)21/h5-12,14H,4,13H2,1-3H3. The highest BCUT2D eigenvalue weighted by atomic mass is 32.2. The van der Waals surface area contributed by atoms with Crippen LogP contribution in [-0.4, -0.2) is 33.2 Å². The molecule has 25 heavy (non-hydrogen) atoms. The van der Waals surface area contributed by atoms with Gasteiger partial charge in [0.25, 0.3) is 5.91 Å². The van der Waals surface area contributed by atoms with Gasteiger partial charge in [0.1, 0.15) is 0 Å². The maximum atomic E-state index is 12.9. The third-order valence-corrected chi connectivity index (χ3v) is 6.46. The number of hydrogen-bond acceptors (Lipinski definition) is 3. The molecule has 1 aliphatic heterocycles. The van der Waals surface area contributed by atoms with Crippen LogP contribution in [0, 0.1) is 0 Å². The Morgan fingerprint density at radius 2 is 1.80 bits per heavy atom. The van der Waals surface area contributed by atoms with E-state index in [1.165, 1.54) is 16.9 Å². The van der Waals surface area contributed by atoms with E-state index in [9.17, 15) is 13.2 Å². The molecule has 1 amide bonds. The normalized spacial score (nSPS) is 16.6. The molecule has 0 bridgehead atoms. The van der Waals surface area contributed by atoms with Crippen molar-refractivity contribution in [2.75, 3.05) is 22.0 Å². The minimum Gasteiger partial charge on any atom is -0.305 e. The Kier molecular flexibility index (Phi) is 4.56. The average Bonchev–Trinajstić information content (AvgIpc) is 2.96. The van der Waals surface area contributed by atoms with Crippen molar-refractivity contribution in [1.29, 1.82) is 0 Å². The van der Waals surface area contributed by atoms with Crippen molar-refractivity contribution in [1.82, 2.24) is 0 Å². The number of carbonyl (C=O) groups is 1. The van der Waals surface area contributed by atoms with Gasteiger partial charge in [-0.1, -0.05) is 18.2 Å². The van der Waals surface area contributed by atoms with E-state index < -0.39 is 10.0 Å². The highest BCUT2D eigenvalue weighted by molar-refractivity contribution is 7.92. The molecule has 0 fully saturated rings. The molecule has 1 unspecified atom stereocenters. The minimum absolute atomic E-state index is 0.0340. The first kappa shape index (κ1) is 17.5. The second-order valence-corrected chi connectivity index (χ2v) is 8.56. The van der Waals surface area contributed by atoms with Crippen molar-refractivity contribution in [3.8, 4) is 0 Å². The molecule has 0 N–H and O–H groups in total. The summed E-state index contributed by atoms with van der Waals surface area (Å²) in [4.78, 5) is 14.8. The molecule has 0 spiro atoms. The molecule has 0 aliphatic carbocycles. The zero-order valence-electron chi connectivity index (χ0n) is 14.6. The van der Waals surface area contributed by atoms with Crippen LogP contribution in [0.1, 0.15) is 29.8 Å². The van der Waals surface area contributed by atoms with E-state index in [1.54, 1.807) is 31.2 Å². The quantitative estimate of drug-likeness (QED) is 0.844. The van der Waals surface area contributed by atoms with Gasteiger partial charge in [0.15, 0.2) is 0 Å². The van der Waals surface area contributed by atoms with E-state index in [0.717, 1.165) is 12.1 Å². The molecule has 6 heteroatoms. The van der Waals surface area contributed by atoms with E-state index in [-0.39, 0.29) is 17.7 Å². The van der Waals surface area contributed by atoms with Gasteiger partial charge in [-0.15, -0.1) is 0 Å². The van der Waals surface area contributed by atoms with E-state index in [0.29, 0.717) is 11.3 Å². The Hall–Kier alpha value is -2.34. The van der Waals surface area contributed by atoms with Crippen LogP contribution in [0.15, 0.2) is 48.5 Å². The topological polar surface area (TPSA) is 57.7 Å². The maximum absolute atomic E-state index is 12.9. The molecule has 3 rings (SSSR count). The van der Waals surface area contributed by atoms with Crippen molar-refractivity contribution in [2.45, 2.75) is 26.3 Å². The summed E-state index contributed by atoms with van der Waals surface area (Å²) in [6.45, 7) is 3.64. The molecular weight excluding hydrogens is 336 g/mol. The molecule has 0 aromatic heterocycles. The number of rotatable bonds is 4. The molecule has 1 atom stereocenters. The molecule has 1 aliphatic rings.